The molecule has 5 rings (SSSR count). The van der Waals surface area contributed by atoms with Crippen molar-refractivity contribution < 1.29 is 22.7 Å². The molecule has 8 nitrogen and oxygen atoms in total. The molecule has 5 aromatic rings. The number of aryl methyl sites for hydroxylation is 1. The summed E-state index contributed by atoms with van der Waals surface area (Å²) in [7, 11) is 2.73. The Hall–Kier alpha value is -4.67. The summed E-state index contributed by atoms with van der Waals surface area (Å²) in [5, 5.41) is 2.96. The van der Waals surface area contributed by atoms with Crippen LogP contribution in [0.5, 0.6) is 0 Å². The van der Waals surface area contributed by atoms with Crippen molar-refractivity contribution in [2.24, 2.45) is 7.05 Å². The topological polar surface area (TPSA) is 91.0 Å². The number of rotatable bonds is 3. The first-order valence-corrected chi connectivity index (χ1v) is 10.7. The maximum absolute atomic E-state index is 13.8. The Morgan fingerprint density at radius 3 is 2.44 bits per heavy atom. The lowest BCUT2D eigenvalue weighted by Crippen LogP contribution is -2.23. The molecule has 182 valence electrons. The second-order valence-electron chi connectivity index (χ2n) is 7.96. The van der Waals surface area contributed by atoms with Crippen molar-refractivity contribution in [2.75, 3.05) is 12.4 Å². The Bertz CT molecular complexity index is 1690. The lowest BCUT2D eigenvalue weighted by Gasteiger charge is -2.14. The van der Waals surface area contributed by atoms with Gasteiger partial charge in [-0.15, -0.1) is 0 Å². The van der Waals surface area contributed by atoms with Crippen molar-refractivity contribution in [1.82, 2.24) is 19.1 Å². The molecule has 0 atom stereocenters. The SMILES string of the molecule is COC(=O)Nc1ccc(-c2ccc3ncc4c(c3c2)n(-c2ccccc2C(F)(F)F)c(=O)n4C)cn1. The molecule has 0 aliphatic rings. The van der Waals surface area contributed by atoms with Crippen LogP contribution < -0.4 is 11.0 Å². The molecule has 1 N–H and O–H groups in total. The number of imidazole rings is 1. The zero-order valence-electron chi connectivity index (χ0n) is 19.0. The number of aromatic nitrogens is 4. The van der Waals surface area contributed by atoms with Crippen LogP contribution in [0.3, 0.4) is 0 Å². The van der Waals surface area contributed by atoms with E-state index in [0.717, 1.165) is 10.6 Å². The van der Waals surface area contributed by atoms with Crippen LogP contribution in [0.25, 0.3) is 38.8 Å². The summed E-state index contributed by atoms with van der Waals surface area (Å²) in [5.74, 6) is 0.288. The summed E-state index contributed by atoms with van der Waals surface area (Å²) >= 11 is 0. The van der Waals surface area contributed by atoms with Crippen molar-refractivity contribution in [3.63, 3.8) is 0 Å². The molecule has 1 amide bonds. The fourth-order valence-corrected chi connectivity index (χ4v) is 4.10. The predicted octanol–water partition coefficient (Wildman–Crippen LogP) is 5.14. The van der Waals surface area contributed by atoms with Crippen molar-refractivity contribution in [3.05, 3.63) is 83.0 Å². The average molecular weight is 493 g/mol. The largest absolute Gasteiger partial charge is 0.453 e. The standard InChI is InChI=1S/C25H18F3N5O3/c1-32-20-13-29-18-9-7-14(15-8-10-21(30-12-15)31-23(34)36-2)11-16(18)22(20)33(24(32)35)19-6-4-3-5-17(19)25(26,27)28/h3-13H,1-2H3,(H,30,31,34). The van der Waals surface area contributed by atoms with E-state index in [0.29, 0.717) is 33.1 Å². The van der Waals surface area contributed by atoms with Crippen LogP contribution in [0.15, 0.2) is 71.8 Å². The maximum Gasteiger partial charge on any atom is 0.418 e. The highest BCUT2D eigenvalue weighted by Gasteiger charge is 2.34. The highest BCUT2D eigenvalue weighted by molar-refractivity contribution is 6.04. The number of ether oxygens (including phenoxy) is 1. The zero-order valence-corrected chi connectivity index (χ0v) is 19.0. The molecule has 0 aliphatic carbocycles. The molecule has 0 saturated heterocycles. The lowest BCUT2D eigenvalue weighted by molar-refractivity contribution is -0.137. The number of amides is 1. The minimum Gasteiger partial charge on any atom is -0.453 e. The van der Waals surface area contributed by atoms with Crippen LogP contribution in [-0.2, 0) is 18.0 Å². The lowest BCUT2D eigenvalue weighted by atomic mass is 10.0. The van der Waals surface area contributed by atoms with Crippen molar-refractivity contribution >= 4 is 33.8 Å². The Morgan fingerprint density at radius 2 is 1.75 bits per heavy atom. The third-order valence-electron chi connectivity index (χ3n) is 5.85. The molecule has 0 aliphatic heterocycles. The van der Waals surface area contributed by atoms with Gasteiger partial charge in [0.05, 0.1) is 41.1 Å². The fraction of sp³-hybridized carbons (Fsp3) is 0.120. The van der Waals surface area contributed by atoms with E-state index in [2.05, 4.69) is 20.0 Å². The molecule has 0 bridgehead atoms. The van der Waals surface area contributed by atoms with Gasteiger partial charge in [-0.25, -0.2) is 14.6 Å². The van der Waals surface area contributed by atoms with Gasteiger partial charge in [-0.05, 0) is 42.0 Å². The first-order valence-electron chi connectivity index (χ1n) is 10.7. The Kier molecular flexibility index (Phi) is 5.47. The van der Waals surface area contributed by atoms with E-state index < -0.39 is 23.5 Å². The van der Waals surface area contributed by atoms with Crippen LogP contribution >= 0.6 is 0 Å². The number of hydrogen-bond acceptors (Lipinski definition) is 5. The van der Waals surface area contributed by atoms with Crippen LogP contribution in [0.2, 0.25) is 0 Å². The molecule has 0 saturated carbocycles. The van der Waals surface area contributed by atoms with Crippen molar-refractivity contribution in [1.29, 1.82) is 0 Å². The minimum atomic E-state index is -4.65. The second kappa shape index (κ2) is 8.52. The van der Waals surface area contributed by atoms with Gasteiger partial charge in [0.25, 0.3) is 0 Å². The summed E-state index contributed by atoms with van der Waals surface area (Å²) in [6.45, 7) is 0. The molecule has 3 aromatic heterocycles. The molecule has 0 unspecified atom stereocenters. The molecule has 0 radical (unpaired) electrons. The van der Waals surface area contributed by atoms with Gasteiger partial charge in [-0.2, -0.15) is 13.2 Å². The number of carbonyl (C=O) groups is 1. The summed E-state index contributed by atoms with van der Waals surface area (Å²) in [4.78, 5) is 33.2. The average Bonchev–Trinajstić information content (AvgIpc) is 3.13. The number of carbonyl (C=O) groups excluding carboxylic acids is 1. The number of benzene rings is 2. The molecule has 3 heterocycles. The van der Waals surface area contributed by atoms with Gasteiger partial charge < -0.3 is 4.74 Å². The van der Waals surface area contributed by atoms with E-state index in [-0.39, 0.29) is 11.5 Å². The number of methoxy groups -OCH3 is 1. The van der Waals surface area contributed by atoms with Crippen LogP contribution in [0.4, 0.5) is 23.8 Å². The maximum atomic E-state index is 13.8. The smallest absolute Gasteiger partial charge is 0.418 e. The Labute approximate surface area is 201 Å². The summed E-state index contributed by atoms with van der Waals surface area (Å²) in [6, 6.07) is 13.6. The second-order valence-corrected chi connectivity index (χ2v) is 7.96. The number of halogens is 3. The van der Waals surface area contributed by atoms with Gasteiger partial charge in [0.1, 0.15) is 5.82 Å². The zero-order chi connectivity index (χ0) is 25.6. The number of anilines is 1. The van der Waals surface area contributed by atoms with E-state index in [9.17, 15) is 22.8 Å². The van der Waals surface area contributed by atoms with E-state index in [1.165, 1.54) is 49.3 Å². The minimum absolute atomic E-state index is 0.265. The van der Waals surface area contributed by atoms with E-state index >= 15 is 0 Å². The number of nitrogens with one attached hydrogen (secondary N) is 1. The van der Waals surface area contributed by atoms with Gasteiger partial charge in [0, 0.05) is 24.2 Å². The first kappa shape index (κ1) is 23.1. The van der Waals surface area contributed by atoms with Gasteiger partial charge in [0.15, 0.2) is 0 Å². The third kappa shape index (κ3) is 3.84. The van der Waals surface area contributed by atoms with Crippen LogP contribution in [0.1, 0.15) is 5.56 Å². The van der Waals surface area contributed by atoms with E-state index in [1.807, 2.05) is 0 Å². The molecule has 2 aromatic carbocycles. The molecule has 0 fully saturated rings. The third-order valence-corrected chi connectivity index (χ3v) is 5.85. The van der Waals surface area contributed by atoms with Gasteiger partial charge in [-0.1, -0.05) is 18.2 Å². The highest BCUT2D eigenvalue weighted by Crippen LogP contribution is 2.36. The first-order chi connectivity index (χ1) is 17.2. The number of pyridine rings is 2. The van der Waals surface area contributed by atoms with Gasteiger partial charge in [0.2, 0.25) is 0 Å². The highest BCUT2D eigenvalue weighted by atomic mass is 19.4. The monoisotopic (exact) mass is 493 g/mol. The molecule has 36 heavy (non-hydrogen) atoms. The molecule has 0 spiro atoms. The number of fused-ring (bicyclic) bond motifs is 3. The Morgan fingerprint density at radius 1 is 1.00 bits per heavy atom. The van der Waals surface area contributed by atoms with Gasteiger partial charge >= 0.3 is 18.0 Å². The van der Waals surface area contributed by atoms with Gasteiger partial charge in [-0.3, -0.25) is 19.4 Å². The fourth-order valence-electron chi connectivity index (χ4n) is 4.10. The predicted molar refractivity (Wildman–Crippen MR) is 128 cm³/mol. The summed E-state index contributed by atoms with van der Waals surface area (Å²) in [5.41, 5.74) is 0.774. The number of para-hydroxylation sites is 1. The number of nitrogens with zero attached hydrogens (tertiary/aromatic N) is 4. The number of alkyl halides is 3. The van der Waals surface area contributed by atoms with E-state index in [1.54, 1.807) is 30.3 Å². The molecule has 11 heteroatoms. The van der Waals surface area contributed by atoms with Crippen molar-refractivity contribution in [2.45, 2.75) is 6.18 Å². The summed E-state index contributed by atoms with van der Waals surface area (Å²) < 4.78 is 48.4. The quantitative estimate of drug-likeness (QED) is 0.376. The number of hydrogen-bond donors (Lipinski definition) is 1. The summed E-state index contributed by atoms with van der Waals surface area (Å²) in [6.07, 6.45) is -2.30. The van der Waals surface area contributed by atoms with Crippen LogP contribution in [0, 0.1) is 0 Å². The normalized spacial score (nSPS) is 11.7. The Balaban J connectivity index is 1.74. The molecular formula is C25H18F3N5O3. The van der Waals surface area contributed by atoms with E-state index in [4.69, 9.17) is 0 Å². The molecular weight excluding hydrogens is 475 g/mol. The van der Waals surface area contributed by atoms with Crippen molar-refractivity contribution in [3.8, 4) is 16.8 Å². The van der Waals surface area contributed by atoms with Crippen LogP contribution in [-0.4, -0.2) is 32.3 Å².